The van der Waals surface area contributed by atoms with Crippen LogP contribution in [-0.4, -0.2) is 47.9 Å². The molecule has 5 heteroatoms. The summed E-state index contributed by atoms with van der Waals surface area (Å²) in [5.74, 6) is 1.12. The van der Waals surface area contributed by atoms with Crippen molar-refractivity contribution in [2.24, 2.45) is 5.92 Å². The van der Waals surface area contributed by atoms with E-state index in [1.54, 1.807) is 16.7 Å². The molecule has 2 unspecified atom stereocenters. The fourth-order valence-corrected chi connectivity index (χ4v) is 2.14. The minimum Gasteiger partial charge on any atom is -0.342 e. The molecule has 0 spiro atoms. The van der Waals surface area contributed by atoms with Gasteiger partial charge in [-0.1, -0.05) is 20.3 Å². The van der Waals surface area contributed by atoms with E-state index in [0.29, 0.717) is 6.54 Å². The third kappa shape index (κ3) is 3.14. The van der Waals surface area contributed by atoms with Gasteiger partial charge in [-0.3, -0.25) is 9.59 Å². The summed E-state index contributed by atoms with van der Waals surface area (Å²) >= 11 is 1.69. The molecule has 1 saturated heterocycles. The van der Waals surface area contributed by atoms with E-state index in [1.165, 1.54) is 0 Å². The number of piperazine rings is 1. The molecule has 0 radical (unpaired) electrons. The lowest BCUT2D eigenvalue weighted by atomic mass is 9.96. The summed E-state index contributed by atoms with van der Waals surface area (Å²) in [6, 6.07) is -0.326. The van der Waals surface area contributed by atoms with Gasteiger partial charge >= 0.3 is 0 Å². The number of thioether (sulfide) groups is 1. The van der Waals surface area contributed by atoms with Gasteiger partial charge in [-0.15, -0.1) is 0 Å². The highest BCUT2D eigenvalue weighted by Gasteiger charge is 2.34. The van der Waals surface area contributed by atoms with Crippen LogP contribution in [0, 0.1) is 5.92 Å². The smallest absolute Gasteiger partial charge is 0.245 e. The van der Waals surface area contributed by atoms with E-state index < -0.39 is 0 Å². The first-order valence-electron chi connectivity index (χ1n) is 5.67. The van der Waals surface area contributed by atoms with Crippen LogP contribution >= 0.6 is 11.8 Å². The van der Waals surface area contributed by atoms with Gasteiger partial charge in [-0.2, -0.15) is 11.8 Å². The lowest BCUT2D eigenvalue weighted by Crippen LogP contribution is -2.60. The molecule has 92 valence electrons. The van der Waals surface area contributed by atoms with Gasteiger partial charge < -0.3 is 10.2 Å². The van der Waals surface area contributed by atoms with Crippen molar-refractivity contribution in [2.45, 2.75) is 26.3 Å². The van der Waals surface area contributed by atoms with Gasteiger partial charge in [0.2, 0.25) is 11.8 Å². The van der Waals surface area contributed by atoms with Crippen molar-refractivity contribution >= 4 is 23.6 Å². The van der Waals surface area contributed by atoms with E-state index >= 15 is 0 Å². The monoisotopic (exact) mass is 244 g/mol. The SMILES string of the molecule is CCC(C)C1NC(=O)CN(CCSC)C1=O. The van der Waals surface area contributed by atoms with Gasteiger partial charge in [0.15, 0.2) is 0 Å². The zero-order valence-corrected chi connectivity index (χ0v) is 11.0. The van der Waals surface area contributed by atoms with Gasteiger partial charge in [0.05, 0.1) is 6.54 Å². The highest BCUT2D eigenvalue weighted by molar-refractivity contribution is 7.98. The Bertz CT molecular complexity index is 271. The first kappa shape index (κ1) is 13.4. The summed E-state index contributed by atoms with van der Waals surface area (Å²) in [5.41, 5.74) is 0. The standard InChI is InChI=1S/C11H20N2O2S/c1-4-8(2)10-11(15)13(5-6-16-3)7-9(14)12-10/h8,10H,4-7H2,1-3H3,(H,12,14). The number of rotatable bonds is 5. The number of carbonyl (C=O) groups is 2. The van der Waals surface area contributed by atoms with Crippen molar-refractivity contribution < 1.29 is 9.59 Å². The fourth-order valence-electron chi connectivity index (χ4n) is 1.74. The molecule has 0 aromatic heterocycles. The lowest BCUT2D eigenvalue weighted by molar-refractivity contribution is -0.145. The molecule has 4 nitrogen and oxygen atoms in total. The lowest BCUT2D eigenvalue weighted by Gasteiger charge is -2.35. The molecule has 0 aromatic carbocycles. The van der Waals surface area contributed by atoms with E-state index in [4.69, 9.17) is 0 Å². The van der Waals surface area contributed by atoms with Gasteiger partial charge in [-0.05, 0) is 12.2 Å². The van der Waals surface area contributed by atoms with Gasteiger partial charge in [0, 0.05) is 12.3 Å². The Labute approximate surface area is 101 Å². The molecule has 2 amide bonds. The maximum Gasteiger partial charge on any atom is 0.245 e. The summed E-state index contributed by atoms with van der Waals surface area (Å²) < 4.78 is 0. The van der Waals surface area contributed by atoms with E-state index in [-0.39, 0.29) is 30.3 Å². The first-order valence-corrected chi connectivity index (χ1v) is 7.06. The average Bonchev–Trinajstić information content (AvgIpc) is 2.28. The van der Waals surface area contributed by atoms with Crippen LogP contribution in [0.4, 0.5) is 0 Å². The van der Waals surface area contributed by atoms with Crippen molar-refractivity contribution in [3.05, 3.63) is 0 Å². The summed E-state index contributed by atoms with van der Waals surface area (Å²) in [6.45, 7) is 4.92. The molecule has 1 aliphatic heterocycles. The van der Waals surface area contributed by atoms with Gasteiger partial charge in [-0.25, -0.2) is 0 Å². The van der Waals surface area contributed by atoms with E-state index in [2.05, 4.69) is 5.32 Å². The molecule has 2 atom stereocenters. The first-order chi connectivity index (χ1) is 7.60. The molecule has 0 aromatic rings. The Morgan fingerprint density at radius 1 is 1.56 bits per heavy atom. The van der Waals surface area contributed by atoms with Crippen molar-refractivity contribution in [1.82, 2.24) is 10.2 Å². The predicted molar refractivity (Wildman–Crippen MR) is 66.3 cm³/mol. The summed E-state index contributed by atoms with van der Waals surface area (Å²) in [5, 5.41) is 2.79. The third-order valence-electron chi connectivity index (χ3n) is 3.01. The molecule has 0 saturated carbocycles. The van der Waals surface area contributed by atoms with Crippen LogP contribution in [-0.2, 0) is 9.59 Å². The van der Waals surface area contributed by atoms with E-state index in [1.807, 2.05) is 20.1 Å². The molecule has 1 heterocycles. The van der Waals surface area contributed by atoms with Crippen LogP contribution in [0.5, 0.6) is 0 Å². The maximum atomic E-state index is 12.1. The normalized spacial score (nSPS) is 23.2. The number of amides is 2. The summed E-state index contributed by atoms with van der Waals surface area (Å²) in [4.78, 5) is 25.3. The maximum absolute atomic E-state index is 12.1. The summed E-state index contributed by atoms with van der Waals surface area (Å²) in [7, 11) is 0. The molecule has 1 fully saturated rings. The van der Waals surface area contributed by atoms with Crippen LogP contribution in [0.25, 0.3) is 0 Å². The second kappa shape index (κ2) is 6.13. The highest BCUT2D eigenvalue weighted by Crippen LogP contribution is 2.14. The molecular weight excluding hydrogens is 224 g/mol. The topological polar surface area (TPSA) is 49.4 Å². The van der Waals surface area contributed by atoms with Crippen LogP contribution in [0.2, 0.25) is 0 Å². The molecule has 16 heavy (non-hydrogen) atoms. The highest BCUT2D eigenvalue weighted by atomic mass is 32.2. The predicted octanol–water partition coefficient (Wildman–Crippen LogP) is 0.722. The second-order valence-electron chi connectivity index (χ2n) is 4.18. The molecule has 1 N–H and O–H groups in total. The Morgan fingerprint density at radius 3 is 2.81 bits per heavy atom. The minimum absolute atomic E-state index is 0.0361. The Hall–Kier alpha value is -0.710. The second-order valence-corrected chi connectivity index (χ2v) is 5.17. The van der Waals surface area contributed by atoms with Crippen LogP contribution in [0.3, 0.4) is 0 Å². The van der Waals surface area contributed by atoms with Gasteiger partial charge in [0.1, 0.15) is 6.04 Å². The van der Waals surface area contributed by atoms with Crippen LogP contribution in [0.15, 0.2) is 0 Å². The molecular formula is C11H20N2O2S. The Kier molecular flexibility index (Phi) is 5.12. The van der Waals surface area contributed by atoms with E-state index in [9.17, 15) is 9.59 Å². The molecule has 1 rings (SSSR count). The zero-order valence-electron chi connectivity index (χ0n) is 10.2. The van der Waals surface area contributed by atoms with Crippen molar-refractivity contribution in [3.63, 3.8) is 0 Å². The zero-order chi connectivity index (χ0) is 12.1. The Balaban J connectivity index is 2.66. The van der Waals surface area contributed by atoms with Crippen LogP contribution < -0.4 is 5.32 Å². The van der Waals surface area contributed by atoms with Crippen molar-refractivity contribution in [2.75, 3.05) is 25.1 Å². The number of nitrogens with one attached hydrogen (secondary N) is 1. The van der Waals surface area contributed by atoms with E-state index in [0.717, 1.165) is 12.2 Å². The summed E-state index contributed by atoms with van der Waals surface area (Å²) in [6.07, 6.45) is 2.90. The van der Waals surface area contributed by atoms with Crippen molar-refractivity contribution in [1.29, 1.82) is 0 Å². The molecule has 0 bridgehead atoms. The van der Waals surface area contributed by atoms with Crippen molar-refractivity contribution in [3.8, 4) is 0 Å². The van der Waals surface area contributed by atoms with Gasteiger partial charge in [0.25, 0.3) is 0 Å². The Morgan fingerprint density at radius 2 is 2.25 bits per heavy atom. The minimum atomic E-state index is -0.326. The quantitative estimate of drug-likeness (QED) is 0.775. The average molecular weight is 244 g/mol. The fraction of sp³-hybridized carbons (Fsp3) is 0.818. The molecule has 0 aliphatic carbocycles. The number of nitrogens with zero attached hydrogens (tertiary/aromatic N) is 1. The number of hydrogen-bond donors (Lipinski definition) is 1. The largest absolute Gasteiger partial charge is 0.342 e. The van der Waals surface area contributed by atoms with Crippen LogP contribution in [0.1, 0.15) is 20.3 Å². The third-order valence-corrected chi connectivity index (χ3v) is 3.60. The number of hydrogen-bond acceptors (Lipinski definition) is 3. The number of carbonyl (C=O) groups excluding carboxylic acids is 2. The molecule has 1 aliphatic rings.